The molecule has 1 aromatic carbocycles. The van der Waals surface area contributed by atoms with Gasteiger partial charge in [0.25, 0.3) is 0 Å². The van der Waals surface area contributed by atoms with Crippen molar-refractivity contribution in [2.24, 2.45) is 7.05 Å². The van der Waals surface area contributed by atoms with Crippen molar-refractivity contribution in [3.63, 3.8) is 0 Å². The van der Waals surface area contributed by atoms with Crippen LogP contribution in [0.5, 0.6) is 5.75 Å². The molecule has 0 amide bonds. The molecule has 0 fully saturated rings. The number of imidazole rings is 1. The second-order valence-electron chi connectivity index (χ2n) is 4.03. The van der Waals surface area contributed by atoms with Crippen molar-refractivity contribution in [1.29, 1.82) is 0 Å². The molecule has 2 rings (SSSR count). The van der Waals surface area contributed by atoms with Crippen molar-refractivity contribution < 1.29 is 14.2 Å². The summed E-state index contributed by atoms with van der Waals surface area (Å²) in [6.07, 6.45) is 0. The molecule has 0 aliphatic heterocycles. The third-order valence-electron chi connectivity index (χ3n) is 2.97. The zero-order valence-electron chi connectivity index (χ0n) is 10.6. The highest BCUT2D eigenvalue weighted by atomic mass is 19.1. The van der Waals surface area contributed by atoms with Gasteiger partial charge in [0.05, 0.1) is 30.7 Å². The number of ether oxygens (including phenoxy) is 1. The van der Waals surface area contributed by atoms with Gasteiger partial charge < -0.3 is 14.4 Å². The van der Waals surface area contributed by atoms with Crippen LogP contribution in [-0.4, -0.2) is 21.8 Å². The molecule has 96 valence electrons. The predicted molar refractivity (Wildman–Crippen MR) is 65.8 cm³/mol. The molecule has 1 aromatic heterocycles. The first-order chi connectivity index (χ1) is 8.58. The highest BCUT2D eigenvalue weighted by Gasteiger charge is 2.16. The second kappa shape index (κ2) is 4.78. The Morgan fingerprint density at radius 2 is 2.17 bits per heavy atom. The molecule has 0 aliphatic carbocycles. The van der Waals surface area contributed by atoms with Crippen LogP contribution in [0.25, 0.3) is 11.4 Å². The number of halogens is 1. The normalized spacial score (nSPS) is 10.7. The largest absolute Gasteiger partial charge is 0.496 e. The van der Waals surface area contributed by atoms with Gasteiger partial charge in [0.2, 0.25) is 0 Å². The Balaban J connectivity index is 2.65. The maximum Gasteiger partial charge on any atom is 0.144 e. The van der Waals surface area contributed by atoms with Crippen LogP contribution in [0.3, 0.4) is 0 Å². The Labute approximate surface area is 105 Å². The molecule has 0 spiro atoms. The molecule has 4 nitrogen and oxygen atoms in total. The van der Waals surface area contributed by atoms with Gasteiger partial charge in [0.1, 0.15) is 17.4 Å². The van der Waals surface area contributed by atoms with E-state index < -0.39 is 0 Å². The molecule has 0 saturated heterocycles. The molecule has 0 saturated carbocycles. The van der Waals surface area contributed by atoms with E-state index in [2.05, 4.69) is 4.98 Å². The molecule has 18 heavy (non-hydrogen) atoms. The molecular formula is C13H15FN2O2. The monoisotopic (exact) mass is 250 g/mol. The van der Waals surface area contributed by atoms with Gasteiger partial charge in [0.15, 0.2) is 0 Å². The third-order valence-corrected chi connectivity index (χ3v) is 2.97. The van der Waals surface area contributed by atoms with Crippen molar-refractivity contribution in [2.45, 2.75) is 13.5 Å². The van der Waals surface area contributed by atoms with Crippen LogP contribution in [0.1, 0.15) is 11.4 Å². The van der Waals surface area contributed by atoms with Gasteiger partial charge in [-0.25, -0.2) is 9.37 Å². The summed E-state index contributed by atoms with van der Waals surface area (Å²) in [5.74, 6) is 0.777. The first-order valence-electron chi connectivity index (χ1n) is 5.55. The van der Waals surface area contributed by atoms with E-state index in [0.29, 0.717) is 22.8 Å². The average molecular weight is 250 g/mol. The van der Waals surface area contributed by atoms with Crippen LogP contribution in [0.4, 0.5) is 4.39 Å². The summed E-state index contributed by atoms with van der Waals surface area (Å²) >= 11 is 0. The van der Waals surface area contributed by atoms with Crippen molar-refractivity contribution in [2.75, 3.05) is 7.11 Å². The number of aliphatic hydroxyl groups is 1. The fourth-order valence-corrected chi connectivity index (χ4v) is 1.99. The average Bonchev–Trinajstić information content (AvgIpc) is 2.64. The van der Waals surface area contributed by atoms with E-state index in [-0.39, 0.29) is 12.4 Å². The number of aryl methyl sites for hydroxylation is 1. The number of hydrogen-bond acceptors (Lipinski definition) is 3. The predicted octanol–water partition coefficient (Wildman–Crippen LogP) is 2.04. The number of aromatic nitrogens is 2. The van der Waals surface area contributed by atoms with E-state index >= 15 is 0 Å². The minimum absolute atomic E-state index is 0.104. The lowest BCUT2D eigenvalue weighted by Gasteiger charge is -2.09. The fraction of sp³-hybridized carbons (Fsp3) is 0.308. The van der Waals surface area contributed by atoms with Crippen LogP contribution in [0.2, 0.25) is 0 Å². The smallest absolute Gasteiger partial charge is 0.144 e. The van der Waals surface area contributed by atoms with Gasteiger partial charge in [-0.15, -0.1) is 0 Å². The summed E-state index contributed by atoms with van der Waals surface area (Å²) in [6, 6.07) is 4.28. The van der Waals surface area contributed by atoms with E-state index in [9.17, 15) is 9.50 Å². The summed E-state index contributed by atoms with van der Waals surface area (Å²) < 4.78 is 20.3. The van der Waals surface area contributed by atoms with Crippen molar-refractivity contribution in [3.8, 4) is 17.1 Å². The lowest BCUT2D eigenvalue weighted by molar-refractivity contribution is 0.272. The molecule has 0 radical (unpaired) electrons. The molecule has 0 bridgehead atoms. The minimum atomic E-state index is -0.350. The summed E-state index contributed by atoms with van der Waals surface area (Å²) in [4.78, 5) is 4.36. The Bertz CT molecular complexity index is 579. The second-order valence-corrected chi connectivity index (χ2v) is 4.03. The molecule has 2 aromatic rings. The lowest BCUT2D eigenvalue weighted by Crippen LogP contribution is -2.00. The van der Waals surface area contributed by atoms with Crippen LogP contribution in [0.15, 0.2) is 18.2 Å². The Morgan fingerprint density at radius 1 is 1.44 bits per heavy atom. The van der Waals surface area contributed by atoms with Gasteiger partial charge in [0, 0.05) is 7.05 Å². The fourth-order valence-electron chi connectivity index (χ4n) is 1.99. The minimum Gasteiger partial charge on any atom is -0.496 e. The first-order valence-corrected chi connectivity index (χ1v) is 5.55. The number of nitrogens with zero attached hydrogens (tertiary/aromatic N) is 2. The van der Waals surface area contributed by atoms with Crippen LogP contribution >= 0.6 is 0 Å². The maximum absolute atomic E-state index is 13.3. The number of rotatable bonds is 3. The highest BCUT2D eigenvalue weighted by molar-refractivity contribution is 5.65. The zero-order chi connectivity index (χ0) is 13.3. The number of aliphatic hydroxyl groups excluding tert-OH is 1. The Kier molecular flexibility index (Phi) is 3.34. The molecule has 5 heteroatoms. The molecule has 0 aliphatic rings. The van der Waals surface area contributed by atoms with Crippen molar-refractivity contribution in [1.82, 2.24) is 9.55 Å². The van der Waals surface area contributed by atoms with Gasteiger partial charge in [-0.1, -0.05) is 0 Å². The zero-order valence-corrected chi connectivity index (χ0v) is 10.6. The van der Waals surface area contributed by atoms with Crippen molar-refractivity contribution >= 4 is 0 Å². The summed E-state index contributed by atoms with van der Waals surface area (Å²) in [7, 11) is 3.31. The number of benzene rings is 1. The SMILES string of the molecule is COc1ccc(F)cc1-c1nc(C)c(CO)n1C. The van der Waals surface area contributed by atoms with E-state index in [1.807, 2.05) is 0 Å². The van der Waals surface area contributed by atoms with Crippen LogP contribution in [0, 0.1) is 12.7 Å². The third kappa shape index (κ3) is 1.97. The standard InChI is InChI=1S/C13H15FN2O2/c1-8-11(7-17)16(2)13(15-8)10-6-9(14)4-5-12(10)18-3/h4-6,17H,7H2,1-3H3. The van der Waals surface area contributed by atoms with Gasteiger partial charge in [-0.3, -0.25) is 0 Å². The summed E-state index contributed by atoms with van der Waals surface area (Å²) in [5.41, 5.74) is 2.00. The number of hydrogen-bond donors (Lipinski definition) is 1. The van der Waals surface area contributed by atoms with Crippen LogP contribution in [-0.2, 0) is 13.7 Å². The first kappa shape index (κ1) is 12.6. The Hall–Kier alpha value is -1.88. The van der Waals surface area contributed by atoms with Gasteiger partial charge in [-0.05, 0) is 25.1 Å². The van der Waals surface area contributed by atoms with Crippen molar-refractivity contribution in [3.05, 3.63) is 35.4 Å². The summed E-state index contributed by atoms with van der Waals surface area (Å²) in [5, 5.41) is 9.27. The van der Waals surface area contributed by atoms with Gasteiger partial charge in [-0.2, -0.15) is 0 Å². The maximum atomic E-state index is 13.3. The lowest BCUT2D eigenvalue weighted by atomic mass is 10.2. The van der Waals surface area contributed by atoms with E-state index in [1.165, 1.54) is 19.2 Å². The Morgan fingerprint density at radius 3 is 2.72 bits per heavy atom. The molecule has 1 heterocycles. The topological polar surface area (TPSA) is 47.3 Å². The number of methoxy groups -OCH3 is 1. The molecule has 0 unspecified atom stereocenters. The quantitative estimate of drug-likeness (QED) is 0.906. The molecular weight excluding hydrogens is 235 g/mol. The highest BCUT2D eigenvalue weighted by Crippen LogP contribution is 2.30. The van der Waals surface area contributed by atoms with Gasteiger partial charge >= 0.3 is 0 Å². The summed E-state index contributed by atoms with van der Waals surface area (Å²) in [6.45, 7) is 1.70. The van der Waals surface area contributed by atoms with Crippen LogP contribution < -0.4 is 4.74 Å². The van der Waals surface area contributed by atoms with E-state index in [1.54, 1.807) is 24.6 Å². The molecule has 0 atom stereocenters. The van der Waals surface area contributed by atoms with E-state index in [4.69, 9.17) is 4.74 Å². The molecule has 1 N–H and O–H groups in total. The van der Waals surface area contributed by atoms with E-state index in [0.717, 1.165) is 5.69 Å².